The Morgan fingerprint density at radius 1 is 1.37 bits per heavy atom. The van der Waals surface area contributed by atoms with E-state index in [1.165, 1.54) is 55.2 Å². The van der Waals surface area contributed by atoms with Crippen LogP contribution in [0.2, 0.25) is 0 Å². The predicted molar refractivity (Wildman–Crippen MR) is 79.6 cm³/mol. The van der Waals surface area contributed by atoms with Crippen LogP contribution in [-0.2, 0) is 6.42 Å². The summed E-state index contributed by atoms with van der Waals surface area (Å²) in [7, 11) is 0. The number of piperidine rings is 1. The molecule has 2 nitrogen and oxygen atoms in total. The SMILES string of the molecule is CCCN1CCCC2c3cccc4[nH]cc(c34)CC21. The Morgan fingerprint density at radius 3 is 3.21 bits per heavy atom. The largest absolute Gasteiger partial charge is 0.361 e. The van der Waals surface area contributed by atoms with E-state index in [4.69, 9.17) is 0 Å². The first kappa shape index (κ1) is 11.5. The van der Waals surface area contributed by atoms with Gasteiger partial charge in [0.15, 0.2) is 0 Å². The first-order valence-corrected chi connectivity index (χ1v) is 7.71. The maximum atomic E-state index is 3.46. The fraction of sp³-hybridized carbons (Fsp3) is 0.529. The van der Waals surface area contributed by atoms with Gasteiger partial charge in [-0.3, -0.25) is 4.90 Å². The summed E-state index contributed by atoms with van der Waals surface area (Å²) in [5.41, 5.74) is 4.47. The number of benzene rings is 1. The molecule has 1 fully saturated rings. The van der Waals surface area contributed by atoms with E-state index in [0.29, 0.717) is 0 Å². The number of likely N-dealkylation sites (tertiary alicyclic amines) is 1. The second kappa shape index (κ2) is 4.38. The Labute approximate surface area is 114 Å². The van der Waals surface area contributed by atoms with Gasteiger partial charge in [0.2, 0.25) is 0 Å². The summed E-state index contributed by atoms with van der Waals surface area (Å²) in [6.45, 7) is 4.86. The molecule has 1 aliphatic heterocycles. The zero-order chi connectivity index (χ0) is 12.8. The Morgan fingerprint density at radius 2 is 2.32 bits per heavy atom. The highest BCUT2D eigenvalue weighted by Crippen LogP contribution is 2.43. The molecule has 0 spiro atoms. The zero-order valence-electron chi connectivity index (χ0n) is 11.7. The van der Waals surface area contributed by atoms with Crippen molar-refractivity contribution in [2.24, 2.45) is 0 Å². The number of rotatable bonds is 2. The van der Waals surface area contributed by atoms with Crippen molar-refractivity contribution < 1.29 is 0 Å². The summed E-state index contributed by atoms with van der Waals surface area (Å²) in [5, 5.41) is 1.53. The summed E-state index contributed by atoms with van der Waals surface area (Å²) in [5.74, 6) is 0.757. The number of aromatic amines is 1. The molecule has 2 heterocycles. The van der Waals surface area contributed by atoms with E-state index in [1.807, 2.05) is 0 Å². The first-order chi connectivity index (χ1) is 9.38. The minimum atomic E-state index is 0.739. The fourth-order valence-electron chi connectivity index (χ4n) is 4.31. The zero-order valence-corrected chi connectivity index (χ0v) is 11.7. The van der Waals surface area contributed by atoms with Gasteiger partial charge in [0.1, 0.15) is 0 Å². The van der Waals surface area contributed by atoms with Crippen molar-refractivity contribution in [1.82, 2.24) is 9.88 Å². The van der Waals surface area contributed by atoms with Gasteiger partial charge >= 0.3 is 0 Å². The van der Waals surface area contributed by atoms with Gasteiger partial charge in [-0.25, -0.2) is 0 Å². The average molecular weight is 254 g/mol. The normalized spacial score (nSPS) is 26.6. The van der Waals surface area contributed by atoms with Crippen molar-refractivity contribution in [2.45, 2.75) is 44.6 Å². The molecule has 1 N–H and O–H groups in total. The predicted octanol–water partition coefficient (Wildman–Crippen LogP) is 3.68. The van der Waals surface area contributed by atoms with Crippen LogP contribution in [0.5, 0.6) is 0 Å². The number of nitrogens with one attached hydrogen (secondary N) is 1. The van der Waals surface area contributed by atoms with Crippen LogP contribution in [0.1, 0.15) is 43.2 Å². The number of H-pyrrole nitrogens is 1. The number of hydrogen-bond acceptors (Lipinski definition) is 1. The van der Waals surface area contributed by atoms with E-state index in [-0.39, 0.29) is 0 Å². The minimum Gasteiger partial charge on any atom is -0.361 e. The monoisotopic (exact) mass is 254 g/mol. The van der Waals surface area contributed by atoms with E-state index in [2.05, 4.69) is 41.2 Å². The number of fused-ring (bicyclic) bond motifs is 2. The number of nitrogens with zero attached hydrogens (tertiary/aromatic N) is 1. The Kier molecular flexibility index (Phi) is 2.66. The van der Waals surface area contributed by atoms with Crippen molar-refractivity contribution in [3.63, 3.8) is 0 Å². The lowest BCUT2D eigenvalue weighted by Crippen LogP contribution is -2.46. The summed E-state index contributed by atoms with van der Waals surface area (Å²) in [4.78, 5) is 6.20. The second-order valence-electron chi connectivity index (χ2n) is 6.14. The van der Waals surface area contributed by atoms with Gasteiger partial charge in [0, 0.05) is 29.1 Å². The van der Waals surface area contributed by atoms with Gasteiger partial charge in [-0.1, -0.05) is 19.1 Å². The Balaban J connectivity index is 1.81. The number of aromatic nitrogens is 1. The summed E-state index contributed by atoms with van der Waals surface area (Å²) < 4.78 is 0. The van der Waals surface area contributed by atoms with Crippen LogP contribution in [-0.4, -0.2) is 29.0 Å². The molecule has 100 valence electrons. The molecule has 1 aromatic carbocycles. The number of hydrogen-bond donors (Lipinski definition) is 1. The van der Waals surface area contributed by atoms with Crippen LogP contribution in [0.3, 0.4) is 0 Å². The molecule has 2 aliphatic rings. The van der Waals surface area contributed by atoms with Gasteiger partial charge in [0.25, 0.3) is 0 Å². The lowest BCUT2D eigenvalue weighted by Gasteiger charge is -2.44. The summed E-state index contributed by atoms with van der Waals surface area (Å²) in [6.07, 6.45) is 7.48. The maximum absolute atomic E-state index is 3.46. The fourth-order valence-corrected chi connectivity index (χ4v) is 4.31. The molecular weight excluding hydrogens is 232 g/mol. The summed E-state index contributed by atoms with van der Waals surface area (Å²) >= 11 is 0. The average Bonchev–Trinajstić information content (AvgIpc) is 2.85. The molecule has 0 radical (unpaired) electrons. The molecular formula is C17H22N2. The highest BCUT2D eigenvalue weighted by molar-refractivity contribution is 5.88. The molecule has 2 unspecified atom stereocenters. The third-order valence-corrected chi connectivity index (χ3v) is 5.05. The molecule has 19 heavy (non-hydrogen) atoms. The Hall–Kier alpha value is -1.28. The second-order valence-corrected chi connectivity index (χ2v) is 6.14. The Bertz CT molecular complexity index is 596. The van der Waals surface area contributed by atoms with Crippen LogP contribution >= 0.6 is 0 Å². The van der Waals surface area contributed by atoms with E-state index < -0.39 is 0 Å². The van der Waals surface area contributed by atoms with E-state index >= 15 is 0 Å². The van der Waals surface area contributed by atoms with Crippen molar-refractivity contribution in [3.8, 4) is 0 Å². The van der Waals surface area contributed by atoms with Gasteiger partial charge in [0.05, 0.1) is 0 Å². The topological polar surface area (TPSA) is 19.0 Å². The molecule has 1 saturated heterocycles. The van der Waals surface area contributed by atoms with Crippen molar-refractivity contribution in [1.29, 1.82) is 0 Å². The van der Waals surface area contributed by atoms with Crippen LogP contribution in [0.25, 0.3) is 10.9 Å². The van der Waals surface area contributed by atoms with E-state index in [0.717, 1.165) is 12.0 Å². The molecule has 4 rings (SSSR count). The lowest BCUT2D eigenvalue weighted by atomic mass is 9.75. The highest BCUT2D eigenvalue weighted by atomic mass is 15.2. The maximum Gasteiger partial charge on any atom is 0.0459 e. The van der Waals surface area contributed by atoms with E-state index in [9.17, 15) is 0 Å². The third kappa shape index (κ3) is 1.66. The molecule has 1 aromatic heterocycles. The molecule has 1 aliphatic carbocycles. The van der Waals surface area contributed by atoms with Crippen molar-refractivity contribution in [3.05, 3.63) is 35.5 Å². The van der Waals surface area contributed by atoms with Crippen molar-refractivity contribution >= 4 is 10.9 Å². The first-order valence-electron chi connectivity index (χ1n) is 7.71. The van der Waals surface area contributed by atoms with Gasteiger partial charge in [-0.05, 0) is 56.0 Å². The molecule has 0 bridgehead atoms. The van der Waals surface area contributed by atoms with Gasteiger partial charge in [-0.15, -0.1) is 0 Å². The molecule has 0 saturated carbocycles. The quantitative estimate of drug-likeness (QED) is 0.866. The summed E-state index contributed by atoms with van der Waals surface area (Å²) in [6, 6.07) is 7.54. The molecule has 0 amide bonds. The van der Waals surface area contributed by atoms with Crippen LogP contribution < -0.4 is 0 Å². The van der Waals surface area contributed by atoms with E-state index in [1.54, 1.807) is 5.56 Å². The van der Waals surface area contributed by atoms with Crippen LogP contribution in [0.15, 0.2) is 24.4 Å². The van der Waals surface area contributed by atoms with Crippen LogP contribution in [0, 0.1) is 0 Å². The lowest BCUT2D eigenvalue weighted by molar-refractivity contribution is 0.124. The van der Waals surface area contributed by atoms with Gasteiger partial charge in [-0.2, -0.15) is 0 Å². The smallest absolute Gasteiger partial charge is 0.0459 e. The molecule has 2 atom stereocenters. The van der Waals surface area contributed by atoms with Crippen LogP contribution in [0.4, 0.5) is 0 Å². The molecule has 2 aromatic rings. The standard InChI is InChI=1S/C17H22N2/c1-2-8-19-9-4-6-13-14-5-3-7-15-17(14)12(11-18-15)10-16(13)19/h3,5,7,11,13,16,18H,2,4,6,8-10H2,1H3. The van der Waals surface area contributed by atoms with Gasteiger partial charge < -0.3 is 4.98 Å². The van der Waals surface area contributed by atoms with Crippen molar-refractivity contribution in [2.75, 3.05) is 13.1 Å². The highest BCUT2D eigenvalue weighted by Gasteiger charge is 2.36. The minimum absolute atomic E-state index is 0.739. The molecule has 2 heteroatoms. The third-order valence-electron chi connectivity index (χ3n) is 5.05.